The van der Waals surface area contributed by atoms with Gasteiger partial charge in [0.05, 0.1) is 24.3 Å². The van der Waals surface area contributed by atoms with Crippen LogP contribution in [-0.4, -0.2) is 49.6 Å². The van der Waals surface area contributed by atoms with Gasteiger partial charge in [-0.25, -0.2) is 4.79 Å². The van der Waals surface area contributed by atoms with Gasteiger partial charge in [0, 0.05) is 38.8 Å². The van der Waals surface area contributed by atoms with Crippen molar-refractivity contribution in [3.05, 3.63) is 40.1 Å². The van der Waals surface area contributed by atoms with Crippen molar-refractivity contribution in [2.75, 3.05) is 26.9 Å². The van der Waals surface area contributed by atoms with Crippen LogP contribution in [0.2, 0.25) is 5.02 Å². The Morgan fingerprint density at radius 3 is 2.61 bits per heavy atom. The summed E-state index contributed by atoms with van der Waals surface area (Å²) in [6.45, 7) is 9.64. The number of benzene rings is 1. The number of halogens is 1. The Bertz CT molecular complexity index is 873. The zero-order chi connectivity index (χ0) is 22.8. The molecule has 1 aromatic carbocycles. The fraction of sp³-hybridized carbons (Fsp3) is 0.583. The molecule has 0 radical (unpaired) electrons. The van der Waals surface area contributed by atoms with Gasteiger partial charge in [-0.1, -0.05) is 32.4 Å². The smallest absolute Gasteiger partial charge is 0.343 e. The Balaban J connectivity index is 1.98. The molecule has 2 aliphatic heterocycles. The fourth-order valence-corrected chi connectivity index (χ4v) is 4.54. The number of carbonyl (C=O) groups excluding carboxylic acids is 2. The van der Waals surface area contributed by atoms with Crippen molar-refractivity contribution in [3.63, 3.8) is 0 Å². The van der Waals surface area contributed by atoms with E-state index in [0.29, 0.717) is 24.0 Å². The summed E-state index contributed by atoms with van der Waals surface area (Å²) in [6, 6.07) is 3.86. The molecule has 0 fully saturated rings. The number of hydrogen-bond donors (Lipinski definition) is 0. The van der Waals surface area contributed by atoms with E-state index in [0.717, 1.165) is 24.0 Å². The van der Waals surface area contributed by atoms with Crippen LogP contribution in [0, 0.1) is 5.41 Å². The molecule has 0 aromatic heterocycles. The van der Waals surface area contributed by atoms with Gasteiger partial charge >= 0.3 is 5.97 Å². The van der Waals surface area contributed by atoms with Crippen LogP contribution in [0.5, 0.6) is 5.75 Å². The van der Waals surface area contributed by atoms with Gasteiger partial charge in [-0.15, -0.1) is 0 Å². The van der Waals surface area contributed by atoms with Gasteiger partial charge in [-0.3, -0.25) is 4.79 Å². The minimum atomic E-state index is -0.553. The molecule has 6 nitrogen and oxygen atoms in total. The third kappa shape index (κ3) is 5.07. The van der Waals surface area contributed by atoms with Crippen molar-refractivity contribution in [2.24, 2.45) is 5.41 Å². The summed E-state index contributed by atoms with van der Waals surface area (Å²) in [6.07, 6.45) is 3.47. The van der Waals surface area contributed by atoms with Crippen molar-refractivity contribution < 1.29 is 23.8 Å². The molecule has 7 heteroatoms. The van der Waals surface area contributed by atoms with Crippen molar-refractivity contribution in [2.45, 2.75) is 59.0 Å². The average Bonchev–Trinajstić information content (AvgIpc) is 2.70. The summed E-state index contributed by atoms with van der Waals surface area (Å²) in [4.78, 5) is 27.3. The summed E-state index contributed by atoms with van der Waals surface area (Å²) in [5, 5.41) is 0.526. The van der Waals surface area contributed by atoms with Crippen LogP contribution in [0.3, 0.4) is 0 Å². The number of hydrogen-bond acceptors (Lipinski definition) is 6. The molecule has 0 saturated heterocycles. The Kier molecular flexibility index (Phi) is 7.32. The van der Waals surface area contributed by atoms with Crippen LogP contribution < -0.4 is 4.74 Å². The van der Waals surface area contributed by atoms with Crippen molar-refractivity contribution in [3.8, 4) is 5.75 Å². The first-order valence-electron chi connectivity index (χ1n) is 10.8. The van der Waals surface area contributed by atoms with E-state index in [-0.39, 0.29) is 41.9 Å². The normalized spacial score (nSPS) is 20.6. The first-order chi connectivity index (χ1) is 14.7. The second-order valence-corrected chi connectivity index (χ2v) is 9.52. The maximum absolute atomic E-state index is 12.8. The molecule has 0 spiro atoms. The lowest BCUT2D eigenvalue weighted by Gasteiger charge is -2.50. The Morgan fingerprint density at radius 2 is 1.97 bits per heavy atom. The number of ketones is 1. The number of methoxy groups -OCH3 is 1. The number of fused-ring (bicyclic) bond motifs is 3. The molecule has 2 unspecified atom stereocenters. The predicted molar refractivity (Wildman–Crippen MR) is 119 cm³/mol. The molecule has 2 atom stereocenters. The van der Waals surface area contributed by atoms with Crippen LogP contribution in [0.15, 0.2) is 23.9 Å². The number of Topliss-reactive ketones (excluding diaryl/α,β-unsaturated/α-hetero) is 1. The molecule has 170 valence electrons. The van der Waals surface area contributed by atoms with Gasteiger partial charge in [-0.2, -0.15) is 0 Å². The molecule has 1 aromatic rings. The number of rotatable bonds is 7. The van der Waals surface area contributed by atoms with Gasteiger partial charge in [0.15, 0.2) is 5.78 Å². The van der Waals surface area contributed by atoms with E-state index >= 15 is 0 Å². The Hall–Kier alpha value is -2.05. The molecule has 31 heavy (non-hydrogen) atoms. The number of ether oxygens (including phenoxy) is 3. The summed E-state index contributed by atoms with van der Waals surface area (Å²) in [5.74, 6) is -0.0963. The van der Waals surface area contributed by atoms with Crippen LogP contribution in [0.25, 0.3) is 0 Å². The third-order valence-electron chi connectivity index (χ3n) is 5.89. The quantitative estimate of drug-likeness (QED) is 0.347. The van der Waals surface area contributed by atoms with E-state index in [1.165, 1.54) is 0 Å². The first-order valence-corrected chi connectivity index (χ1v) is 11.2. The van der Waals surface area contributed by atoms with Gasteiger partial charge in [0.25, 0.3) is 0 Å². The molecule has 2 heterocycles. The van der Waals surface area contributed by atoms with Gasteiger partial charge in [0.1, 0.15) is 11.3 Å². The second-order valence-electron chi connectivity index (χ2n) is 9.12. The van der Waals surface area contributed by atoms with Crippen LogP contribution in [-0.2, 0) is 25.5 Å². The minimum absolute atomic E-state index is 0.0777. The van der Waals surface area contributed by atoms with Crippen molar-refractivity contribution in [1.29, 1.82) is 0 Å². The van der Waals surface area contributed by atoms with E-state index in [2.05, 4.69) is 25.7 Å². The number of carbonyl (C=O) groups is 2. The summed E-state index contributed by atoms with van der Waals surface area (Å²) >= 11 is 6.54. The maximum Gasteiger partial charge on any atom is 0.343 e. The minimum Gasteiger partial charge on any atom is -0.492 e. The maximum atomic E-state index is 12.8. The zero-order valence-corrected chi connectivity index (χ0v) is 19.8. The van der Waals surface area contributed by atoms with Gasteiger partial charge < -0.3 is 19.1 Å². The van der Waals surface area contributed by atoms with Gasteiger partial charge in [0.2, 0.25) is 0 Å². The molecule has 3 rings (SSSR count). The lowest BCUT2D eigenvalue weighted by atomic mass is 9.74. The van der Waals surface area contributed by atoms with E-state index in [4.69, 9.17) is 25.8 Å². The predicted octanol–water partition coefficient (Wildman–Crippen LogP) is 4.49. The van der Waals surface area contributed by atoms with E-state index < -0.39 is 5.97 Å². The second kappa shape index (κ2) is 9.61. The summed E-state index contributed by atoms with van der Waals surface area (Å²) in [7, 11) is 1.66. The van der Waals surface area contributed by atoms with Crippen LogP contribution >= 0.6 is 11.6 Å². The average molecular weight is 450 g/mol. The molecule has 0 aliphatic carbocycles. The van der Waals surface area contributed by atoms with Crippen LogP contribution in [0.4, 0.5) is 0 Å². The van der Waals surface area contributed by atoms with E-state index in [1.807, 2.05) is 12.1 Å². The zero-order valence-electron chi connectivity index (χ0n) is 19.0. The third-order valence-corrected chi connectivity index (χ3v) is 6.18. The summed E-state index contributed by atoms with van der Waals surface area (Å²) < 4.78 is 16.1. The molecule has 0 saturated carbocycles. The number of esters is 1. The van der Waals surface area contributed by atoms with Crippen molar-refractivity contribution >= 4 is 23.4 Å². The van der Waals surface area contributed by atoms with E-state index in [1.54, 1.807) is 20.2 Å². The molecule has 2 aliphatic rings. The fourth-order valence-electron chi connectivity index (χ4n) is 4.32. The lowest BCUT2D eigenvalue weighted by molar-refractivity contribution is -0.140. The number of nitrogens with zero attached hydrogens (tertiary/aromatic N) is 1. The molecular formula is C24H32ClNO5. The SMILES string of the molecule is CCOC(=O)C1=CN2C(CC1=O)c1cc(Cl)c(OCCCOC)cc1CC2C(C)(C)C. The largest absolute Gasteiger partial charge is 0.492 e. The van der Waals surface area contributed by atoms with E-state index in [9.17, 15) is 9.59 Å². The molecule has 0 N–H and O–H groups in total. The van der Waals surface area contributed by atoms with Crippen LogP contribution in [0.1, 0.15) is 57.7 Å². The summed E-state index contributed by atoms with van der Waals surface area (Å²) in [5.41, 5.74) is 2.20. The molecule has 0 amide bonds. The highest BCUT2D eigenvalue weighted by Gasteiger charge is 2.43. The standard InChI is InChI=1S/C24H32ClNO5/c1-6-30-23(28)17-14-26-19(13-20(17)27)16-12-18(25)21(31-9-7-8-29-5)10-15(16)11-22(26)24(2,3)4/h10,12,14,19,22H,6-9,11,13H2,1-5H3. The Labute approximate surface area is 189 Å². The lowest BCUT2D eigenvalue weighted by Crippen LogP contribution is -2.50. The molecular weight excluding hydrogens is 418 g/mol. The van der Waals surface area contributed by atoms with Crippen molar-refractivity contribution in [1.82, 2.24) is 4.90 Å². The molecule has 0 bridgehead atoms. The monoisotopic (exact) mass is 449 g/mol. The first kappa shape index (κ1) is 23.6. The highest BCUT2D eigenvalue weighted by atomic mass is 35.5. The topological polar surface area (TPSA) is 65.1 Å². The highest BCUT2D eigenvalue weighted by molar-refractivity contribution is 6.32. The van der Waals surface area contributed by atoms with Gasteiger partial charge in [-0.05, 0) is 42.0 Å². The highest BCUT2D eigenvalue weighted by Crippen LogP contribution is 2.46. The Morgan fingerprint density at radius 1 is 1.23 bits per heavy atom.